The van der Waals surface area contributed by atoms with Gasteiger partial charge in [0, 0.05) is 17.8 Å². The van der Waals surface area contributed by atoms with Gasteiger partial charge in [0.15, 0.2) is 0 Å². The van der Waals surface area contributed by atoms with Gasteiger partial charge in [-0.2, -0.15) is 5.10 Å². The third kappa shape index (κ3) is 3.16. The molecule has 2 atom stereocenters. The van der Waals surface area contributed by atoms with Gasteiger partial charge in [0.25, 0.3) is 5.91 Å². The standard InChI is InChI=1S/C32H23FN4O3/c33-18-13-15-19(16-14-18)37-30(39)27-26-20-7-1-4-10-23(20)32(28(27)31(37)40,24-11-5-2-8-21(24)26)17-35-36-29(38)22-9-3-6-12-25(22)34/h1-17,26-28H,34H2,(H,36,38)/b35-17-/t26?,27-,28+,32?/m0/s1. The van der Waals surface area contributed by atoms with Gasteiger partial charge in [-0.25, -0.2) is 14.7 Å². The first kappa shape index (κ1) is 24.0. The molecule has 8 rings (SSSR count). The number of para-hydroxylation sites is 1. The van der Waals surface area contributed by atoms with Crippen molar-refractivity contribution in [2.75, 3.05) is 10.6 Å². The maximum atomic E-state index is 14.3. The number of carbonyl (C=O) groups is 3. The summed E-state index contributed by atoms with van der Waals surface area (Å²) in [5, 5.41) is 4.40. The summed E-state index contributed by atoms with van der Waals surface area (Å²) in [6.07, 6.45) is 1.59. The van der Waals surface area contributed by atoms with Crippen LogP contribution < -0.4 is 16.1 Å². The van der Waals surface area contributed by atoms with Crippen LogP contribution in [-0.4, -0.2) is 23.9 Å². The predicted molar refractivity (Wildman–Crippen MR) is 148 cm³/mol. The minimum atomic E-state index is -1.14. The van der Waals surface area contributed by atoms with Gasteiger partial charge in [-0.1, -0.05) is 60.7 Å². The second-order valence-corrected chi connectivity index (χ2v) is 10.3. The number of carbonyl (C=O) groups excluding carboxylic acids is 3. The van der Waals surface area contributed by atoms with Crippen molar-refractivity contribution in [3.63, 3.8) is 0 Å². The van der Waals surface area contributed by atoms with Crippen LogP contribution in [0, 0.1) is 17.7 Å². The Morgan fingerprint density at radius 2 is 1.45 bits per heavy atom. The molecule has 0 unspecified atom stereocenters. The van der Waals surface area contributed by atoms with Crippen molar-refractivity contribution in [2.24, 2.45) is 16.9 Å². The van der Waals surface area contributed by atoms with Crippen molar-refractivity contribution in [1.29, 1.82) is 0 Å². The average molecular weight is 531 g/mol. The molecule has 8 heteroatoms. The summed E-state index contributed by atoms with van der Waals surface area (Å²) in [5.41, 5.74) is 11.9. The van der Waals surface area contributed by atoms with Gasteiger partial charge >= 0.3 is 0 Å². The van der Waals surface area contributed by atoms with Crippen molar-refractivity contribution in [1.82, 2.24) is 5.43 Å². The number of anilines is 2. The van der Waals surface area contributed by atoms with Crippen LogP contribution in [-0.2, 0) is 15.0 Å². The lowest BCUT2D eigenvalue weighted by molar-refractivity contribution is -0.122. The normalized spacial score (nSPS) is 24.1. The lowest BCUT2D eigenvalue weighted by Crippen LogP contribution is -2.54. The minimum absolute atomic E-state index is 0.276. The van der Waals surface area contributed by atoms with E-state index in [4.69, 9.17) is 5.73 Å². The highest BCUT2D eigenvalue weighted by Gasteiger charge is 2.68. The fraction of sp³-hybridized carbons (Fsp3) is 0.125. The van der Waals surface area contributed by atoms with Gasteiger partial charge in [-0.3, -0.25) is 14.4 Å². The zero-order valence-electron chi connectivity index (χ0n) is 21.1. The van der Waals surface area contributed by atoms with Gasteiger partial charge < -0.3 is 5.73 Å². The Kier molecular flexibility index (Phi) is 5.22. The molecule has 3 amide bonds. The van der Waals surface area contributed by atoms with Crippen LogP contribution >= 0.6 is 0 Å². The van der Waals surface area contributed by atoms with Crippen LogP contribution in [0.1, 0.15) is 38.5 Å². The topological polar surface area (TPSA) is 105 Å². The average Bonchev–Trinajstić information content (AvgIpc) is 3.24. The highest BCUT2D eigenvalue weighted by Crippen LogP contribution is 2.63. The number of hydrazone groups is 1. The van der Waals surface area contributed by atoms with E-state index in [2.05, 4.69) is 10.5 Å². The summed E-state index contributed by atoms with van der Waals surface area (Å²) >= 11 is 0. The molecule has 40 heavy (non-hydrogen) atoms. The number of rotatable bonds is 4. The second-order valence-electron chi connectivity index (χ2n) is 10.3. The number of nitrogens with one attached hydrogen (secondary N) is 1. The molecule has 4 aromatic carbocycles. The molecule has 1 aliphatic heterocycles. The number of halogens is 1. The van der Waals surface area contributed by atoms with Crippen LogP contribution in [0.2, 0.25) is 0 Å². The molecule has 0 spiro atoms. The van der Waals surface area contributed by atoms with Crippen molar-refractivity contribution in [2.45, 2.75) is 11.3 Å². The summed E-state index contributed by atoms with van der Waals surface area (Å²) in [7, 11) is 0. The number of nitrogens with zero attached hydrogens (tertiary/aromatic N) is 2. The zero-order chi connectivity index (χ0) is 27.6. The lowest BCUT2D eigenvalue weighted by Gasteiger charge is -2.52. The third-order valence-electron chi connectivity index (χ3n) is 8.41. The molecule has 2 bridgehead atoms. The van der Waals surface area contributed by atoms with E-state index < -0.39 is 29.0 Å². The zero-order valence-corrected chi connectivity index (χ0v) is 21.1. The number of hydrogen-bond acceptors (Lipinski definition) is 5. The highest BCUT2D eigenvalue weighted by molar-refractivity contribution is 6.25. The Hall–Kier alpha value is -5.11. The van der Waals surface area contributed by atoms with E-state index in [0.717, 1.165) is 22.3 Å². The Morgan fingerprint density at radius 3 is 2.10 bits per heavy atom. The van der Waals surface area contributed by atoms with Crippen LogP contribution in [0.15, 0.2) is 102 Å². The predicted octanol–water partition coefficient (Wildman–Crippen LogP) is 4.37. The fourth-order valence-corrected chi connectivity index (χ4v) is 6.85. The lowest BCUT2D eigenvalue weighted by atomic mass is 9.47. The summed E-state index contributed by atoms with van der Waals surface area (Å²) in [6.45, 7) is 0. The summed E-state index contributed by atoms with van der Waals surface area (Å²) in [6, 6.07) is 27.5. The molecule has 1 saturated heterocycles. The van der Waals surface area contributed by atoms with Crippen LogP contribution in [0.3, 0.4) is 0 Å². The van der Waals surface area contributed by atoms with Gasteiger partial charge in [0.2, 0.25) is 11.8 Å². The second kappa shape index (κ2) is 8.71. The van der Waals surface area contributed by atoms with Crippen LogP contribution in [0.5, 0.6) is 0 Å². The molecule has 3 N–H and O–H groups in total. The van der Waals surface area contributed by atoms with E-state index in [1.807, 2.05) is 48.5 Å². The number of imide groups is 1. The smallest absolute Gasteiger partial charge is 0.273 e. The molecule has 0 saturated carbocycles. The molecular formula is C32H23FN4O3. The van der Waals surface area contributed by atoms with E-state index in [0.29, 0.717) is 11.4 Å². The Bertz CT molecular complexity index is 1700. The molecule has 4 aromatic rings. The molecule has 1 heterocycles. The summed E-state index contributed by atoms with van der Waals surface area (Å²) < 4.78 is 13.7. The molecule has 4 aliphatic rings. The van der Waals surface area contributed by atoms with E-state index >= 15 is 0 Å². The van der Waals surface area contributed by atoms with Gasteiger partial charge in [-0.15, -0.1) is 0 Å². The monoisotopic (exact) mass is 530 g/mol. The molecule has 1 fully saturated rings. The van der Waals surface area contributed by atoms with E-state index in [-0.39, 0.29) is 23.3 Å². The fourth-order valence-electron chi connectivity index (χ4n) is 6.85. The first-order valence-corrected chi connectivity index (χ1v) is 12.9. The quantitative estimate of drug-likeness (QED) is 0.177. The number of hydrogen-bond donors (Lipinski definition) is 2. The molecule has 0 aromatic heterocycles. The third-order valence-corrected chi connectivity index (χ3v) is 8.41. The number of amides is 3. The van der Waals surface area contributed by atoms with Crippen molar-refractivity contribution < 1.29 is 18.8 Å². The highest BCUT2D eigenvalue weighted by atomic mass is 19.1. The van der Waals surface area contributed by atoms with Crippen molar-refractivity contribution in [3.8, 4) is 0 Å². The minimum Gasteiger partial charge on any atom is -0.398 e. The van der Waals surface area contributed by atoms with Crippen molar-refractivity contribution in [3.05, 3.63) is 131 Å². The van der Waals surface area contributed by atoms with E-state index in [9.17, 15) is 18.8 Å². The van der Waals surface area contributed by atoms with Crippen molar-refractivity contribution >= 4 is 35.3 Å². The maximum Gasteiger partial charge on any atom is 0.273 e. The molecule has 3 aliphatic carbocycles. The summed E-state index contributed by atoms with van der Waals surface area (Å²) in [5.74, 6) is -3.53. The van der Waals surface area contributed by atoms with Gasteiger partial charge in [0.05, 0.1) is 28.5 Å². The summed E-state index contributed by atoms with van der Waals surface area (Å²) in [4.78, 5) is 42.5. The molecule has 7 nitrogen and oxygen atoms in total. The van der Waals surface area contributed by atoms with Gasteiger partial charge in [0.1, 0.15) is 5.82 Å². The van der Waals surface area contributed by atoms with E-state index in [1.54, 1.807) is 30.5 Å². The van der Waals surface area contributed by atoms with Crippen LogP contribution in [0.4, 0.5) is 15.8 Å². The number of nitrogen functional groups attached to an aromatic ring is 1. The SMILES string of the molecule is Nc1ccccc1C(=O)N/N=C\C12c3ccccc3C(c3ccccc31)[C@@H]1C(=O)N(c3ccc(F)cc3)C(=O)[C@@H]12. The largest absolute Gasteiger partial charge is 0.398 e. The Balaban J connectivity index is 1.41. The Labute approximate surface area is 229 Å². The molecular weight excluding hydrogens is 507 g/mol. The maximum absolute atomic E-state index is 14.3. The van der Waals surface area contributed by atoms with Gasteiger partial charge in [-0.05, 0) is 58.7 Å². The van der Waals surface area contributed by atoms with E-state index in [1.165, 1.54) is 29.2 Å². The Morgan fingerprint density at radius 1 is 0.850 bits per heavy atom. The first-order valence-electron chi connectivity index (χ1n) is 12.9. The molecule has 196 valence electrons. The van der Waals surface area contributed by atoms with Crippen LogP contribution in [0.25, 0.3) is 0 Å². The molecule has 0 radical (unpaired) electrons. The number of nitrogens with two attached hydrogens (primary N) is 1. The first-order chi connectivity index (χ1) is 19.4. The number of benzene rings is 4.